The van der Waals surface area contributed by atoms with Crippen molar-refractivity contribution in [2.45, 2.75) is 125 Å². The summed E-state index contributed by atoms with van der Waals surface area (Å²) in [6.07, 6.45) is -9.22. The molecule has 39 heavy (non-hydrogen) atoms. The first-order valence-corrected chi connectivity index (χ1v) is 18.2. The molecule has 2 aliphatic heterocycles. The van der Waals surface area contributed by atoms with Crippen molar-refractivity contribution in [3.8, 4) is 0 Å². The molecule has 0 radical (unpaired) electrons. The maximum atomic E-state index is 14.8. The van der Waals surface area contributed by atoms with Gasteiger partial charge in [-0.1, -0.05) is 0 Å². The molecule has 0 spiro atoms. The standard InChI is InChI=1S/C15H19F13Se.C6H11F3Se/c1-8(2)6-5-7-9(3,4)29(8)15(27,28)13(22,23)11(18,19)10(16,17)12(20,21)14(24,25)26;7-6(8,9)5-10-3-1-2-4-10/h29H,5-7H2,1-4H3;10H,1-5H2. The van der Waals surface area contributed by atoms with Crippen molar-refractivity contribution < 1.29 is 70.2 Å². The van der Waals surface area contributed by atoms with E-state index in [4.69, 9.17) is 0 Å². The second-order valence-corrected chi connectivity index (χ2v) is 23.8. The number of hydrogen-bond donors (Lipinski definition) is 0. The summed E-state index contributed by atoms with van der Waals surface area (Å²) in [6, 6.07) is 0. The molecule has 0 aromatic rings. The van der Waals surface area contributed by atoms with E-state index in [1.165, 1.54) is 0 Å². The molecule has 2 fully saturated rings. The molecule has 0 saturated carbocycles. The van der Waals surface area contributed by atoms with Gasteiger partial charge in [0.25, 0.3) is 0 Å². The predicted octanol–water partition coefficient (Wildman–Crippen LogP) is 9.81. The summed E-state index contributed by atoms with van der Waals surface area (Å²) < 4.78 is 207. The first-order chi connectivity index (χ1) is 16.9. The van der Waals surface area contributed by atoms with E-state index in [2.05, 4.69) is 0 Å². The van der Waals surface area contributed by atoms with Crippen molar-refractivity contribution in [3.63, 3.8) is 0 Å². The molecule has 0 amide bonds. The fraction of sp³-hybridized carbons (Fsp3) is 1.00. The van der Waals surface area contributed by atoms with Crippen LogP contribution >= 0.6 is 0 Å². The van der Waals surface area contributed by atoms with Crippen molar-refractivity contribution in [2.75, 3.05) is 0 Å². The summed E-state index contributed by atoms with van der Waals surface area (Å²) in [5, 5.41) is 1.43. The Morgan fingerprint density at radius 2 is 0.872 bits per heavy atom. The Morgan fingerprint density at radius 3 is 1.21 bits per heavy atom. The molecule has 0 bridgehead atoms. The second-order valence-electron chi connectivity index (χ2n) is 10.7. The van der Waals surface area contributed by atoms with Gasteiger partial charge in [-0.25, -0.2) is 0 Å². The van der Waals surface area contributed by atoms with Crippen molar-refractivity contribution in [1.29, 1.82) is 0 Å². The third-order valence-electron chi connectivity index (χ3n) is 6.59. The van der Waals surface area contributed by atoms with E-state index in [0.717, 1.165) is 51.2 Å². The summed E-state index contributed by atoms with van der Waals surface area (Å²) in [5.74, 6) is -30.4. The summed E-state index contributed by atoms with van der Waals surface area (Å²) in [7, 11) is 0. The monoisotopic (exact) mass is 746 g/mol. The van der Waals surface area contributed by atoms with Gasteiger partial charge in [0.2, 0.25) is 0 Å². The van der Waals surface area contributed by atoms with Crippen LogP contribution in [0.4, 0.5) is 70.2 Å². The van der Waals surface area contributed by atoms with Crippen LogP contribution in [-0.4, -0.2) is 68.7 Å². The molecule has 0 atom stereocenters. The van der Waals surface area contributed by atoms with Crippen molar-refractivity contribution in [2.24, 2.45) is 0 Å². The molecule has 2 saturated heterocycles. The van der Waals surface area contributed by atoms with Gasteiger partial charge in [0, 0.05) is 0 Å². The molecule has 0 nitrogen and oxygen atoms in total. The molecule has 2 heterocycles. The van der Waals surface area contributed by atoms with Crippen LogP contribution in [-0.2, 0) is 0 Å². The molecule has 0 aliphatic carbocycles. The Bertz CT molecular complexity index is 807. The van der Waals surface area contributed by atoms with Gasteiger partial charge in [-0.15, -0.1) is 0 Å². The molecular weight excluding hydrogens is 714 g/mol. The molecule has 18 heteroatoms. The molecule has 238 valence electrons. The Hall–Kier alpha value is -0.0810. The summed E-state index contributed by atoms with van der Waals surface area (Å²) >= 11 is -6.05. The van der Waals surface area contributed by atoms with E-state index in [9.17, 15) is 70.2 Å². The molecule has 0 aromatic carbocycles. The molecule has 2 aliphatic rings. The molecule has 0 unspecified atom stereocenters. The molecule has 0 aromatic heterocycles. The molecule has 0 N–H and O–H groups in total. The fourth-order valence-electron chi connectivity index (χ4n) is 4.85. The van der Waals surface area contributed by atoms with Crippen LogP contribution in [0, 0.1) is 0 Å². The van der Waals surface area contributed by atoms with E-state index >= 15 is 0 Å². The van der Waals surface area contributed by atoms with E-state index in [0.29, 0.717) is 0 Å². The van der Waals surface area contributed by atoms with Crippen molar-refractivity contribution in [1.82, 2.24) is 0 Å². The van der Waals surface area contributed by atoms with E-state index in [-0.39, 0.29) is 19.3 Å². The van der Waals surface area contributed by atoms with E-state index in [1.807, 2.05) is 0 Å². The first-order valence-electron chi connectivity index (χ1n) is 11.5. The van der Waals surface area contributed by atoms with Crippen LogP contribution in [0.15, 0.2) is 0 Å². The number of rotatable bonds is 6. The van der Waals surface area contributed by atoms with Gasteiger partial charge in [-0.3, -0.25) is 0 Å². The van der Waals surface area contributed by atoms with Crippen LogP contribution < -0.4 is 0 Å². The average molecular weight is 744 g/mol. The van der Waals surface area contributed by atoms with Gasteiger partial charge < -0.3 is 0 Å². The summed E-state index contributed by atoms with van der Waals surface area (Å²) in [5.41, 5.74) is 0. The normalized spacial score (nSPS) is 23.4. The summed E-state index contributed by atoms with van der Waals surface area (Å²) in [4.78, 5) is -5.90. The zero-order chi connectivity index (χ0) is 31.3. The van der Waals surface area contributed by atoms with E-state index < -0.39 is 82.6 Å². The van der Waals surface area contributed by atoms with Gasteiger partial charge in [0.05, 0.1) is 0 Å². The van der Waals surface area contributed by atoms with Gasteiger partial charge in [0.15, 0.2) is 0 Å². The van der Waals surface area contributed by atoms with Crippen LogP contribution in [0.5, 0.6) is 0 Å². The summed E-state index contributed by atoms with van der Waals surface area (Å²) in [6.45, 7) is 4.16. The van der Waals surface area contributed by atoms with Crippen LogP contribution in [0.3, 0.4) is 0 Å². The number of halogens is 16. The zero-order valence-corrected chi connectivity index (χ0v) is 24.9. The Kier molecular flexibility index (Phi) is 10.6. The third kappa shape index (κ3) is 7.12. The Balaban J connectivity index is 0.000000633. The van der Waals surface area contributed by atoms with Gasteiger partial charge >= 0.3 is 223 Å². The zero-order valence-electron chi connectivity index (χ0n) is 21.1. The van der Waals surface area contributed by atoms with Crippen LogP contribution in [0.2, 0.25) is 24.6 Å². The fourth-order valence-corrected chi connectivity index (χ4v) is 19.0. The van der Waals surface area contributed by atoms with E-state index in [1.54, 1.807) is 0 Å². The van der Waals surface area contributed by atoms with Crippen molar-refractivity contribution in [3.05, 3.63) is 0 Å². The Morgan fingerprint density at radius 1 is 0.513 bits per heavy atom. The van der Waals surface area contributed by atoms with Crippen molar-refractivity contribution >= 4 is 27.8 Å². The molecular formula is C21H30F16Se2. The maximum absolute atomic E-state index is 14.8. The molecule has 2 rings (SSSR count). The van der Waals surface area contributed by atoms with Gasteiger partial charge in [-0.05, 0) is 0 Å². The van der Waals surface area contributed by atoms with Gasteiger partial charge in [0.1, 0.15) is 0 Å². The van der Waals surface area contributed by atoms with Gasteiger partial charge in [-0.2, -0.15) is 0 Å². The van der Waals surface area contributed by atoms with Crippen LogP contribution in [0.25, 0.3) is 0 Å². The minimum atomic E-state index is -7.83. The Labute approximate surface area is 223 Å². The minimum absolute atomic E-state index is 0.150. The first kappa shape index (κ1) is 36.9. The SMILES string of the molecule is CC1(C)CCCC(C)(C)[SeH]1C(F)(F)C(F)(F)C(F)(F)C(F)(F)C(F)(F)C(F)(F)F.FC(F)(F)C[SeH]1CCCC1. The third-order valence-corrected chi connectivity index (χ3v) is 20.0. The second kappa shape index (κ2) is 11.2. The number of alkyl halides is 16. The number of hydrogen-bond acceptors (Lipinski definition) is 0. The quantitative estimate of drug-likeness (QED) is 0.188. The van der Waals surface area contributed by atoms with Crippen LogP contribution in [0.1, 0.15) is 59.8 Å². The topological polar surface area (TPSA) is 0 Å². The average Bonchev–Trinajstić information content (AvgIpc) is 3.16. The predicted molar refractivity (Wildman–Crippen MR) is 117 cm³/mol.